The van der Waals surface area contributed by atoms with Crippen molar-refractivity contribution in [3.05, 3.63) is 63.5 Å². The molecule has 0 bridgehead atoms. The lowest BCUT2D eigenvalue weighted by atomic mass is 10.1. The topological polar surface area (TPSA) is 56.0 Å². The third-order valence-corrected chi connectivity index (χ3v) is 4.45. The first kappa shape index (κ1) is 14.2. The van der Waals surface area contributed by atoms with Crippen LogP contribution in [0.5, 0.6) is 0 Å². The summed E-state index contributed by atoms with van der Waals surface area (Å²) in [5, 5.41) is 2.23. The summed E-state index contributed by atoms with van der Waals surface area (Å²) < 4.78 is 7.08. The third-order valence-electron chi connectivity index (χ3n) is 3.41. The van der Waals surface area contributed by atoms with Crippen molar-refractivity contribution >= 4 is 45.8 Å². The number of hydrogen-bond acceptors (Lipinski definition) is 5. The van der Waals surface area contributed by atoms with Gasteiger partial charge >= 0.3 is 5.97 Å². The van der Waals surface area contributed by atoms with Gasteiger partial charge in [0.2, 0.25) is 5.90 Å². The van der Waals surface area contributed by atoms with Crippen LogP contribution in [0, 0.1) is 6.92 Å². The fourth-order valence-corrected chi connectivity index (χ4v) is 3.34. The number of halogens is 1. The van der Waals surface area contributed by atoms with Gasteiger partial charge in [0.1, 0.15) is 0 Å². The van der Waals surface area contributed by atoms with Crippen LogP contribution in [0.3, 0.4) is 0 Å². The Morgan fingerprint density at radius 2 is 2.26 bits per heavy atom. The van der Waals surface area contributed by atoms with Crippen LogP contribution < -0.4 is 0 Å². The molecular formula is C16H10ClN3O2S. The van der Waals surface area contributed by atoms with Gasteiger partial charge in [-0.15, -0.1) is 11.3 Å². The quantitative estimate of drug-likeness (QED) is 0.526. The molecule has 114 valence electrons. The summed E-state index contributed by atoms with van der Waals surface area (Å²) in [7, 11) is 0. The Morgan fingerprint density at radius 1 is 1.39 bits per heavy atom. The van der Waals surface area contributed by atoms with Gasteiger partial charge in [0.05, 0.1) is 5.69 Å². The number of rotatable bonds is 2. The number of esters is 1. The number of hydrogen-bond donors (Lipinski definition) is 0. The van der Waals surface area contributed by atoms with E-state index in [1.807, 2.05) is 47.2 Å². The number of imidazole rings is 1. The van der Waals surface area contributed by atoms with Crippen LogP contribution in [-0.2, 0) is 9.53 Å². The monoisotopic (exact) mass is 343 g/mol. The molecule has 1 aliphatic heterocycles. The molecule has 7 heteroatoms. The highest BCUT2D eigenvalue weighted by Gasteiger charge is 2.25. The van der Waals surface area contributed by atoms with E-state index >= 15 is 0 Å². The van der Waals surface area contributed by atoms with Crippen molar-refractivity contribution in [1.29, 1.82) is 0 Å². The van der Waals surface area contributed by atoms with Gasteiger partial charge in [0.15, 0.2) is 15.8 Å². The number of aromatic nitrogens is 2. The lowest BCUT2D eigenvalue weighted by Gasteiger charge is -1.99. The summed E-state index contributed by atoms with van der Waals surface area (Å²) in [4.78, 5) is 21.4. The van der Waals surface area contributed by atoms with Gasteiger partial charge in [-0.05, 0) is 25.1 Å². The number of ether oxygens (including phenoxy) is 1. The molecule has 4 rings (SSSR count). The Morgan fingerprint density at radius 3 is 3.09 bits per heavy atom. The van der Waals surface area contributed by atoms with Crippen molar-refractivity contribution in [1.82, 2.24) is 9.38 Å². The van der Waals surface area contributed by atoms with Gasteiger partial charge in [0.25, 0.3) is 0 Å². The zero-order chi connectivity index (χ0) is 16.0. The Hall–Kier alpha value is -2.44. The molecule has 0 saturated heterocycles. The summed E-state index contributed by atoms with van der Waals surface area (Å²) in [6, 6.07) is 7.63. The number of aliphatic imine (C=N–C) groups is 1. The summed E-state index contributed by atoms with van der Waals surface area (Å²) in [6.45, 7) is 1.97. The molecule has 0 unspecified atom stereocenters. The molecule has 3 heterocycles. The smallest absolute Gasteiger partial charge is 0.363 e. The van der Waals surface area contributed by atoms with Crippen LogP contribution in [0.4, 0.5) is 0 Å². The zero-order valence-electron chi connectivity index (χ0n) is 12.0. The average molecular weight is 344 g/mol. The minimum absolute atomic E-state index is 0.205. The molecule has 5 nitrogen and oxygen atoms in total. The first-order chi connectivity index (χ1) is 11.1. The number of thiazole rings is 1. The number of benzene rings is 1. The molecule has 1 aliphatic rings. The standard InChI is InChI=1S/C16H10ClN3O2S/c1-9-3-2-4-10(7-9)14-18-11(15(21)22-14)8-12-13(17)19-16-20(12)5-6-23-16/h2-8H,1H3/b11-8-. The normalized spacial score (nSPS) is 16.2. The largest absolute Gasteiger partial charge is 0.402 e. The molecular weight excluding hydrogens is 334 g/mol. The maximum Gasteiger partial charge on any atom is 0.363 e. The fourth-order valence-electron chi connectivity index (χ4n) is 2.35. The number of nitrogens with zero attached hydrogens (tertiary/aromatic N) is 3. The summed E-state index contributed by atoms with van der Waals surface area (Å²) >= 11 is 7.61. The molecule has 0 saturated carbocycles. The maximum absolute atomic E-state index is 12.1. The number of fused-ring (bicyclic) bond motifs is 1. The SMILES string of the molecule is Cc1cccc(C2=N/C(=C\c3c(Cl)nc4sccn34)C(=O)O2)c1. The van der Waals surface area contributed by atoms with Crippen molar-refractivity contribution in [2.24, 2.45) is 4.99 Å². The van der Waals surface area contributed by atoms with Crippen molar-refractivity contribution in [3.63, 3.8) is 0 Å². The van der Waals surface area contributed by atoms with Crippen LogP contribution in [0.25, 0.3) is 11.0 Å². The van der Waals surface area contributed by atoms with Crippen molar-refractivity contribution in [2.75, 3.05) is 0 Å². The second-order valence-electron chi connectivity index (χ2n) is 5.05. The third kappa shape index (κ3) is 2.46. The Kier molecular flexibility index (Phi) is 3.28. The molecule has 0 radical (unpaired) electrons. The minimum atomic E-state index is -0.497. The molecule has 1 aromatic carbocycles. The summed E-state index contributed by atoms with van der Waals surface area (Å²) in [5.74, 6) is -0.199. The molecule has 2 aromatic heterocycles. The maximum atomic E-state index is 12.1. The van der Waals surface area contributed by atoms with Gasteiger partial charge in [-0.2, -0.15) is 0 Å². The van der Waals surface area contributed by atoms with E-state index in [2.05, 4.69) is 9.98 Å². The zero-order valence-corrected chi connectivity index (χ0v) is 13.6. The average Bonchev–Trinajstić information content (AvgIpc) is 3.18. The van der Waals surface area contributed by atoms with E-state index in [0.717, 1.165) is 16.1 Å². The van der Waals surface area contributed by atoms with Gasteiger partial charge < -0.3 is 4.74 Å². The molecule has 0 amide bonds. The van der Waals surface area contributed by atoms with Gasteiger partial charge in [-0.25, -0.2) is 14.8 Å². The predicted molar refractivity (Wildman–Crippen MR) is 89.9 cm³/mol. The van der Waals surface area contributed by atoms with Crippen molar-refractivity contribution in [3.8, 4) is 0 Å². The van der Waals surface area contributed by atoms with Crippen LogP contribution in [-0.4, -0.2) is 21.3 Å². The fraction of sp³-hybridized carbons (Fsp3) is 0.0625. The van der Waals surface area contributed by atoms with Crippen molar-refractivity contribution < 1.29 is 9.53 Å². The van der Waals surface area contributed by atoms with Gasteiger partial charge in [-0.3, -0.25) is 4.40 Å². The lowest BCUT2D eigenvalue weighted by Crippen LogP contribution is -2.05. The van der Waals surface area contributed by atoms with E-state index in [4.69, 9.17) is 16.3 Å². The van der Waals surface area contributed by atoms with Crippen LogP contribution in [0.2, 0.25) is 5.15 Å². The van der Waals surface area contributed by atoms with Crippen molar-refractivity contribution in [2.45, 2.75) is 6.92 Å². The summed E-state index contributed by atoms with van der Waals surface area (Å²) in [5.41, 5.74) is 2.65. The highest BCUT2D eigenvalue weighted by Crippen LogP contribution is 2.26. The second kappa shape index (κ2) is 5.33. The molecule has 0 fully saturated rings. The highest BCUT2D eigenvalue weighted by molar-refractivity contribution is 7.15. The number of carbonyl (C=O) groups excluding carboxylic acids is 1. The molecule has 0 aliphatic carbocycles. The van der Waals surface area contributed by atoms with Crippen LogP contribution >= 0.6 is 22.9 Å². The number of cyclic esters (lactones) is 1. The van der Waals surface area contributed by atoms with Crippen LogP contribution in [0.15, 0.2) is 46.5 Å². The second-order valence-corrected chi connectivity index (χ2v) is 6.28. The molecule has 3 aromatic rings. The Bertz CT molecular complexity index is 1000. The van der Waals surface area contributed by atoms with E-state index in [1.54, 1.807) is 6.08 Å². The Labute approximate surface area is 140 Å². The number of aryl methyl sites for hydroxylation is 1. The Balaban J connectivity index is 1.78. The van der Waals surface area contributed by atoms with E-state index in [1.165, 1.54) is 11.3 Å². The van der Waals surface area contributed by atoms with Crippen LogP contribution in [0.1, 0.15) is 16.8 Å². The molecule has 23 heavy (non-hydrogen) atoms. The van der Waals surface area contributed by atoms with Gasteiger partial charge in [-0.1, -0.05) is 29.3 Å². The molecule has 0 atom stereocenters. The first-order valence-corrected chi connectivity index (χ1v) is 8.08. The van der Waals surface area contributed by atoms with E-state index in [-0.39, 0.29) is 5.70 Å². The number of carbonyl (C=O) groups is 1. The lowest BCUT2D eigenvalue weighted by molar-refractivity contribution is -0.129. The molecule has 0 N–H and O–H groups in total. The van der Waals surface area contributed by atoms with E-state index in [0.29, 0.717) is 16.7 Å². The van der Waals surface area contributed by atoms with Gasteiger partial charge in [0, 0.05) is 17.1 Å². The molecule has 0 spiro atoms. The van der Waals surface area contributed by atoms with E-state index in [9.17, 15) is 4.79 Å². The highest BCUT2D eigenvalue weighted by atomic mass is 35.5. The van der Waals surface area contributed by atoms with E-state index < -0.39 is 5.97 Å². The minimum Gasteiger partial charge on any atom is -0.402 e. The first-order valence-electron chi connectivity index (χ1n) is 6.82. The predicted octanol–water partition coefficient (Wildman–Crippen LogP) is 3.70. The summed E-state index contributed by atoms with van der Waals surface area (Å²) in [6.07, 6.45) is 3.44.